The molecular weight excluding hydrogens is 333 g/mol. The van der Waals surface area contributed by atoms with Gasteiger partial charge in [-0.05, 0) is 55.7 Å². The molecule has 0 unspecified atom stereocenters. The predicted molar refractivity (Wildman–Crippen MR) is 100 cm³/mol. The van der Waals surface area contributed by atoms with E-state index < -0.39 is 0 Å². The number of halogens is 1. The minimum Gasteiger partial charge on any atom is -0.489 e. The van der Waals surface area contributed by atoms with Crippen LogP contribution < -0.4 is 10.1 Å². The zero-order valence-corrected chi connectivity index (χ0v) is 15.2. The van der Waals surface area contributed by atoms with E-state index >= 15 is 0 Å². The molecule has 2 aromatic heterocycles. The molecule has 0 saturated carbocycles. The van der Waals surface area contributed by atoms with E-state index in [2.05, 4.69) is 15.3 Å². The Morgan fingerprint density at radius 1 is 1.19 bits per heavy atom. The second-order valence-corrected chi connectivity index (χ2v) is 6.17. The van der Waals surface area contributed by atoms with E-state index in [1.165, 1.54) is 0 Å². The first-order valence-corrected chi connectivity index (χ1v) is 8.57. The van der Waals surface area contributed by atoms with Gasteiger partial charge in [-0.1, -0.05) is 6.92 Å². The first kappa shape index (κ1) is 17.9. The van der Waals surface area contributed by atoms with Gasteiger partial charge in [-0.2, -0.15) is 4.98 Å². The van der Waals surface area contributed by atoms with Crippen LogP contribution in [0.5, 0.6) is 5.75 Å². The first-order valence-electron chi connectivity index (χ1n) is 8.57. The van der Waals surface area contributed by atoms with Gasteiger partial charge in [-0.3, -0.25) is 4.98 Å². The Morgan fingerprint density at radius 3 is 2.65 bits per heavy atom. The van der Waals surface area contributed by atoms with Crippen LogP contribution in [0.3, 0.4) is 0 Å². The van der Waals surface area contributed by atoms with Crippen molar-refractivity contribution in [2.45, 2.75) is 33.7 Å². The van der Waals surface area contributed by atoms with Gasteiger partial charge in [0.25, 0.3) is 6.01 Å². The Kier molecular flexibility index (Phi) is 5.51. The van der Waals surface area contributed by atoms with Crippen molar-refractivity contribution in [3.63, 3.8) is 0 Å². The van der Waals surface area contributed by atoms with Gasteiger partial charge in [0.2, 0.25) is 0 Å². The van der Waals surface area contributed by atoms with Gasteiger partial charge >= 0.3 is 0 Å². The number of benzene rings is 1. The SMILES string of the molecule is CC/C(=C\F)COc1ccc2nc(NCc3cc(C)nc(C)c3)oc2c1. The summed E-state index contributed by atoms with van der Waals surface area (Å²) in [6.07, 6.45) is 1.21. The number of anilines is 1. The molecule has 1 aromatic carbocycles. The topological polar surface area (TPSA) is 60.2 Å². The highest BCUT2D eigenvalue weighted by atomic mass is 19.1. The molecule has 136 valence electrons. The van der Waals surface area contributed by atoms with Crippen LogP contribution in [-0.4, -0.2) is 16.6 Å². The summed E-state index contributed by atoms with van der Waals surface area (Å²) in [6.45, 7) is 6.65. The molecule has 0 radical (unpaired) electrons. The Labute approximate surface area is 151 Å². The van der Waals surface area contributed by atoms with Gasteiger partial charge in [0.05, 0.1) is 6.33 Å². The lowest BCUT2D eigenvalue weighted by molar-refractivity contribution is 0.345. The Bertz CT molecular complexity index is 914. The molecule has 5 nitrogen and oxygen atoms in total. The van der Waals surface area contributed by atoms with Crippen LogP contribution in [0.25, 0.3) is 11.1 Å². The number of aryl methyl sites for hydroxylation is 2. The summed E-state index contributed by atoms with van der Waals surface area (Å²) in [7, 11) is 0. The molecular formula is C20H22FN3O2. The Morgan fingerprint density at radius 2 is 1.96 bits per heavy atom. The number of pyridine rings is 1. The van der Waals surface area contributed by atoms with Crippen LogP contribution in [0.1, 0.15) is 30.3 Å². The van der Waals surface area contributed by atoms with Crippen molar-refractivity contribution in [3.8, 4) is 5.75 Å². The van der Waals surface area contributed by atoms with Gasteiger partial charge in [0.15, 0.2) is 5.58 Å². The highest BCUT2D eigenvalue weighted by Crippen LogP contribution is 2.24. The van der Waals surface area contributed by atoms with E-state index in [-0.39, 0.29) is 6.61 Å². The highest BCUT2D eigenvalue weighted by Gasteiger charge is 2.08. The minimum absolute atomic E-state index is 0.221. The molecule has 0 atom stereocenters. The molecule has 0 saturated heterocycles. The zero-order valence-electron chi connectivity index (χ0n) is 15.2. The summed E-state index contributed by atoms with van der Waals surface area (Å²) in [6, 6.07) is 9.89. The third-order valence-corrected chi connectivity index (χ3v) is 3.98. The van der Waals surface area contributed by atoms with Crippen molar-refractivity contribution in [2.75, 3.05) is 11.9 Å². The summed E-state index contributed by atoms with van der Waals surface area (Å²) in [5, 5.41) is 3.19. The van der Waals surface area contributed by atoms with Gasteiger partial charge in [-0.15, -0.1) is 0 Å². The number of aromatic nitrogens is 2. The molecule has 6 heteroatoms. The summed E-state index contributed by atoms with van der Waals surface area (Å²) in [5.41, 5.74) is 5.04. The van der Waals surface area contributed by atoms with Gasteiger partial charge in [0, 0.05) is 24.0 Å². The van der Waals surface area contributed by atoms with E-state index in [4.69, 9.17) is 9.15 Å². The second kappa shape index (κ2) is 7.99. The number of nitrogens with zero attached hydrogens (tertiary/aromatic N) is 2. The lowest BCUT2D eigenvalue weighted by Crippen LogP contribution is -2.01. The van der Waals surface area contributed by atoms with E-state index in [0.717, 1.165) is 22.5 Å². The standard InChI is InChI=1S/C20H22FN3O2/c1-4-15(10-21)12-25-17-5-6-18-19(9-17)26-20(24-18)22-11-16-7-13(2)23-14(3)8-16/h5-10H,4,11-12H2,1-3H3,(H,22,24)/b15-10+. The second-order valence-electron chi connectivity index (χ2n) is 6.17. The maximum Gasteiger partial charge on any atom is 0.295 e. The fourth-order valence-corrected chi connectivity index (χ4v) is 2.66. The summed E-state index contributed by atoms with van der Waals surface area (Å²) < 4.78 is 24.0. The molecule has 0 spiro atoms. The van der Waals surface area contributed by atoms with Gasteiger partial charge in [0.1, 0.15) is 17.9 Å². The number of hydrogen-bond donors (Lipinski definition) is 1. The Hall–Kier alpha value is -2.89. The lowest BCUT2D eigenvalue weighted by Gasteiger charge is -2.06. The van der Waals surface area contributed by atoms with E-state index in [1.807, 2.05) is 39.0 Å². The summed E-state index contributed by atoms with van der Waals surface area (Å²) >= 11 is 0. The van der Waals surface area contributed by atoms with Crippen molar-refractivity contribution in [3.05, 3.63) is 59.2 Å². The highest BCUT2D eigenvalue weighted by molar-refractivity contribution is 5.76. The third kappa shape index (κ3) is 4.39. The molecule has 2 heterocycles. The number of fused-ring (bicyclic) bond motifs is 1. The van der Waals surface area contributed by atoms with Crippen LogP contribution in [-0.2, 0) is 6.54 Å². The molecule has 0 bridgehead atoms. The number of oxazole rings is 1. The Balaban J connectivity index is 1.68. The minimum atomic E-state index is 0.221. The van der Waals surface area contributed by atoms with Crippen molar-refractivity contribution in [1.29, 1.82) is 0 Å². The largest absolute Gasteiger partial charge is 0.489 e. The fourth-order valence-electron chi connectivity index (χ4n) is 2.66. The van der Waals surface area contributed by atoms with E-state index in [1.54, 1.807) is 12.1 Å². The first-order chi connectivity index (χ1) is 12.6. The van der Waals surface area contributed by atoms with Gasteiger partial charge in [-0.25, -0.2) is 4.39 Å². The monoisotopic (exact) mass is 355 g/mol. The van der Waals surface area contributed by atoms with Crippen LogP contribution in [0, 0.1) is 13.8 Å². The molecule has 3 aromatic rings. The smallest absolute Gasteiger partial charge is 0.295 e. The molecule has 0 aliphatic heterocycles. The maximum atomic E-state index is 12.6. The lowest BCUT2D eigenvalue weighted by atomic mass is 10.2. The van der Waals surface area contributed by atoms with Crippen molar-refractivity contribution in [1.82, 2.24) is 9.97 Å². The van der Waals surface area contributed by atoms with Crippen molar-refractivity contribution >= 4 is 17.1 Å². The fraction of sp³-hybridized carbons (Fsp3) is 0.300. The molecule has 0 aliphatic carbocycles. The molecule has 0 aliphatic rings. The number of nitrogens with one attached hydrogen (secondary N) is 1. The van der Waals surface area contributed by atoms with Crippen LogP contribution in [0.15, 0.2) is 46.7 Å². The van der Waals surface area contributed by atoms with E-state index in [0.29, 0.717) is 42.2 Å². The van der Waals surface area contributed by atoms with Crippen molar-refractivity contribution in [2.24, 2.45) is 0 Å². The van der Waals surface area contributed by atoms with Crippen LogP contribution >= 0.6 is 0 Å². The normalized spacial score (nSPS) is 11.8. The number of hydrogen-bond acceptors (Lipinski definition) is 5. The molecule has 0 amide bonds. The average Bonchev–Trinajstić information content (AvgIpc) is 3.02. The quantitative estimate of drug-likeness (QED) is 0.639. The summed E-state index contributed by atoms with van der Waals surface area (Å²) in [4.78, 5) is 8.79. The van der Waals surface area contributed by atoms with Crippen LogP contribution in [0.4, 0.5) is 10.4 Å². The molecule has 1 N–H and O–H groups in total. The zero-order chi connectivity index (χ0) is 18.5. The molecule has 0 fully saturated rings. The average molecular weight is 355 g/mol. The van der Waals surface area contributed by atoms with Crippen LogP contribution in [0.2, 0.25) is 0 Å². The predicted octanol–water partition coefficient (Wildman–Crippen LogP) is 5.09. The summed E-state index contributed by atoms with van der Waals surface area (Å²) in [5.74, 6) is 0.619. The van der Waals surface area contributed by atoms with Gasteiger partial charge < -0.3 is 14.5 Å². The number of rotatable bonds is 7. The van der Waals surface area contributed by atoms with E-state index in [9.17, 15) is 4.39 Å². The third-order valence-electron chi connectivity index (χ3n) is 3.98. The molecule has 3 rings (SSSR count). The van der Waals surface area contributed by atoms with Crippen molar-refractivity contribution < 1.29 is 13.5 Å². The maximum absolute atomic E-state index is 12.6. The molecule has 26 heavy (non-hydrogen) atoms. The number of ether oxygens (including phenoxy) is 1.